The number of amides is 1. The highest BCUT2D eigenvalue weighted by atomic mass is 32.2. The fourth-order valence-corrected chi connectivity index (χ4v) is 2.06. The molecule has 5 heteroatoms. The maximum absolute atomic E-state index is 11.3. The van der Waals surface area contributed by atoms with Gasteiger partial charge < -0.3 is 10.4 Å². The quantitative estimate of drug-likeness (QED) is 0.792. The third-order valence-corrected chi connectivity index (χ3v) is 2.94. The van der Waals surface area contributed by atoms with E-state index in [0.717, 1.165) is 5.56 Å². The lowest BCUT2D eigenvalue weighted by molar-refractivity contribution is -0.112. The van der Waals surface area contributed by atoms with Crippen molar-refractivity contribution in [1.82, 2.24) is 5.32 Å². The number of aromatic hydroxyl groups is 1. The van der Waals surface area contributed by atoms with E-state index in [2.05, 4.69) is 5.32 Å². The standard InChI is InChI=1S/C10H9NO3S/c12-7-3-1-6(2-4-7)5-8-9(13)15-10(14)11-8/h1-4,8,12H,5H2,(H,11,14). The number of carbonyl (C=O) groups is 2. The monoisotopic (exact) mass is 223 g/mol. The Morgan fingerprint density at radius 2 is 1.93 bits per heavy atom. The predicted octanol–water partition coefficient (Wildman–Crippen LogP) is 1.29. The fourth-order valence-electron chi connectivity index (χ4n) is 1.40. The second-order valence-corrected chi connectivity index (χ2v) is 4.25. The molecule has 15 heavy (non-hydrogen) atoms. The molecule has 0 spiro atoms. The first-order valence-corrected chi connectivity index (χ1v) is 5.27. The highest BCUT2D eigenvalue weighted by Crippen LogP contribution is 2.19. The van der Waals surface area contributed by atoms with Crippen molar-refractivity contribution in [2.75, 3.05) is 0 Å². The van der Waals surface area contributed by atoms with Gasteiger partial charge in [0.1, 0.15) is 11.8 Å². The molecule has 0 aromatic heterocycles. The Morgan fingerprint density at radius 3 is 2.47 bits per heavy atom. The lowest BCUT2D eigenvalue weighted by Gasteiger charge is -2.07. The molecule has 1 aromatic carbocycles. The van der Waals surface area contributed by atoms with Crippen LogP contribution in [0.1, 0.15) is 5.56 Å². The van der Waals surface area contributed by atoms with Crippen molar-refractivity contribution in [1.29, 1.82) is 0 Å². The predicted molar refractivity (Wildman–Crippen MR) is 56.7 cm³/mol. The Hall–Kier alpha value is -1.49. The van der Waals surface area contributed by atoms with Crippen molar-refractivity contribution in [3.63, 3.8) is 0 Å². The molecule has 0 bridgehead atoms. The van der Waals surface area contributed by atoms with Crippen LogP contribution in [0.25, 0.3) is 0 Å². The van der Waals surface area contributed by atoms with Crippen LogP contribution in [-0.2, 0) is 11.2 Å². The van der Waals surface area contributed by atoms with E-state index in [0.29, 0.717) is 18.2 Å². The Labute approximate surface area is 90.7 Å². The Morgan fingerprint density at radius 1 is 1.27 bits per heavy atom. The van der Waals surface area contributed by atoms with Crippen molar-refractivity contribution >= 4 is 22.1 Å². The largest absolute Gasteiger partial charge is 0.508 e. The Balaban J connectivity index is 2.06. The normalized spacial score (nSPS) is 20.4. The maximum atomic E-state index is 11.3. The number of thioether (sulfide) groups is 1. The van der Waals surface area contributed by atoms with Gasteiger partial charge in [-0.15, -0.1) is 0 Å². The highest BCUT2D eigenvalue weighted by Gasteiger charge is 2.30. The molecule has 4 nitrogen and oxygen atoms in total. The number of hydrogen-bond donors (Lipinski definition) is 2. The minimum absolute atomic E-state index is 0.145. The van der Waals surface area contributed by atoms with Crippen LogP contribution >= 0.6 is 11.8 Å². The fraction of sp³-hybridized carbons (Fsp3) is 0.200. The van der Waals surface area contributed by atoms with Gasteiger partial charge in [0.2, 0.25) is 5.12 Å². The molecule has 1 amide bonds. The number of benzene rings is 1. The van der Waals surface area contributed by atoms with Crippen molar-refractivity contribution in [2.24, 2.45) is 0 Å². The average molecular weight is 223 g/mol. The molecule has 1 fully saturated rings. The number of hydrogen-bond acceptors (Lipinski definition) is 4. The molecular formula is C10H9NO3S. The molecule has 78 valence electrons. The third-order valence-electron chi connectivity index (χ3n) is 2.15. The van der Waals surface area contributed by atoms with E-state index in [1.807, 2.05) is 0 Å². The maximum Gasteiger partial charge on any atom is 0.287 e. The molecule has 1 aliphatic rings. The summed E-state index contributed by atoms with van der Waals surface area (Å²) in [6.07, 6.45) is 0.470. The number of rotatable bonds is 2. The number of carbonyl (C=O) groups excluding carboxylic acids is 2. The molecule has 1 heterocycles. The van der Waals surface area contributed by atoms with E-state index in [1.54, 1.807) is 24.3 Å². The molecular weight excluding hydrogens is 214 g/mol. The lowest BCUT2D eigenvalue weighted by atomic mass is 10.1. The minimum atomic E-state index is -0.438. The smallest absolute Gasteiger partial charge is 0.287 e. The van der Waals surface area contributed by atoms with E-state index in [4.69, 9.17) is 5.11 Å². The molecule has 2 N–H and O–H groups in total. The summed E-state index contributed by atoms with van der Waals surface area (Å²) in [7, 11) is 0. The van der Waals surface area contributed by atoms with Gasteiger partial charge in [0.15, 0.2) is 0 Å². The van der Waals surface area contributed by atoms with Gasteiger partial charge >= 0.3 is 0 Å². The minimum Gasteiger partial charge on any atom is -0.508 e. The van der Waals surface area contributed by atoms with Gasteiger partial charge in [-0.25, -0.2) is 0 Å². The Kier molecular flexibility index (Phi) is 2.64. The molecule has 1 aliphatic heterocycles. The molecule has 1 atom stereocenters. The number of nitrogens with one attached hydrogen (secondary N) is 1. The van der Waals surface area contributed by atoms with Crippen LogP contribution in [0.3, 0.4) is 0 Å². The van der Waals surface area contributed by atoms with Crippen LogP contribution < -0.4 is 5.32 Å². The van der Waals surface area contributed by atoms with Crippen molar-refractivity contribution in [2.45, 2.75) is 12.5 Å². The van der Waals surface area contributed by atoms with Crippen LogP contribution in [-0.4, -0.2) is 21.5 Å². The summed E-state index contributed by atoms with van der Waals surface area (Å²) in [5, 5.41) is 11.2. The van der Waals surface area contributed by atoms with Gasteiger partial charge in [-0.05, 0) is 17.7 Å². The van der Waals surface area contributed by atoms with Crippen molar-refractivity contribution in [3.8, 4) is 5.75 Å². The SMILES string of the molecule is O=C1NC(Cc2ccc(O)cc2)C(=O)S1. The van der Waals surface area contributed by atoms with E-state index < -0.39 is 6.04 Å². The van der Waals surface area contributed by atoms with Gasteiger partial charge in [-0.2, -0.15) is 0 Å². The van der Waals surface area contributed by atoms with E-state index in [9.17, 15) is 9.59 Å². The van der Waals surface area contributed by atoms with Gasteiger partial charge in [0.05, 0.1) is 0 Å². The molecule has 1 unspecified atom stereocenters. The highest BCUT2D eigenvalue weighted by molar-refractivity contribution is 8.26. The first kappa shape index (κ1) is 10.0. The van der Waals surface area contributed by atoms with Crippen LogP contribution in [0.2, 0.25) is 0 Å². The van der Waals surface area contributed by atoms with Crippen molar-refractivity contribution in [3.05, 3.63) is 29.8 Å². The van der Waals surface area contributed by atoms with Crippen LogP contribution in [0.15, 0.2) is 24.3 Å². The van der Waals surface area contributed by atoms with Gasteiger partial charge in [-0.1, -0.05) is 12.1 Å². The average Bonchev–Trinajstić information content (AvgIpc) is 2.49. The second kappa shape index (κ2) is 3.94. The first-order valence-electron chi connectivity index (χ1n) is 4.45. The molecule has 0 radical (unpaired) electrons. The van der Waals surface area contributed by atoms with Crippen LogP contribution in [0.5, 0.6) is 5.75 Å². The third kappa shape index (κ3) is 2.30. The van der Waals surface area contributed by atoms with Gasteiger partial charge in [0, 0.05) is 18.2 Å². The van der Waals surface area contributed by atoms with Gasteiger partial charge in [-0.3, -0.25) is 9.59 Å². The number of phenolic OH excluding ortho intramolecular Hbond substituents is 1. The molecule has 1 aromatic rings. The van der Waals surface area contributed by atoms with Gasteiger partial charge in [0.25, 0.3) is 5.24 Å². The summed E-state index contributed by atoms with van der Waals surface area (Å²) >= 11 is 0.713. The molecule has 0 saturated carbocycles. The van der Waals surface area contributed by atoms with E-state index in [1.165, 1.54) is 0 Å². The summed E-state index contributed by atoms with van der Waals surface area (Å²) in [6, 6.07) is 6.15. The second-order valence-electron chi connectivity index (χ2n) is 3.28. The summed E-state index contributed by atoms with van der Waals surface area (Å²) in [6.45, 7) is 0. The topological polar surface area (TPSA) is 66.4 Å². The molecule has 2 rings (SSSR count). The van der Waals surface area contributed by atoms with E-state index >= 15 is 0 Å². The summed E-state index contributed by atoms with van der Waals surface area (Å²) in [4.78, 5) is 22.2. The summed E-state index contributed by atoms with van der Waals surface area (Å²) < 4.78 is 0. The molecule has 0 aliphatic carbocycles. The summed E-state index contributed by atoms with van der Waals surface area (Å²) in [5.74, 6) is 0.190. The van der Waals surface area contributed by atoms with Crippen LogP contribution in [0.4, 0.5) is 4.79 Å². The first-order chi connectivity index (χ1) is 7.15. The van der Waals surface area contributed by atoms with Crippen molar-refractivity contribution < 1.29 is 14.7 Å². The number of phenols is 1. The van der Waals surface area contributed by atoms with E-state index in [-0.39, 0.29) is 16.1 Å². The lowest BCUT2D eigenvalue weighted by Crippen LogP contribution is -2.30. The zero-order valence-electron chi connectivity index (χ0n) is 7.77. The zero-order chi connectivity index (χ0) is 10.8. The van der Waals surface area contributed by atoms with Crippen LogP contribution in [0, 0.1) is 0 Å². The summed E-state index contributed by atoms with van der Waals surface area (Å²) in [5.41, 5.74) is 0.911. The Bertz CT molecular complexity index is 402. The zero-order valence-corrected chi connectivity index (χ0v) is 8.58. The molecule has 1 saturated heterocycles.